The monoisotopic (exact) mass is 220 g/mol. The summed E-state index contributed by atoms with van der Waals surface area (Å²) in [6.45, 7) is 0. The Hall–Kier alpha value is -2.57. The van der Waals surface area contributed by atoms with Crippen LogP contribution < -0.4 is 0 Å². The SMILES string of the molecule is O=C1C([N+](=O)[O-])=C([N+](=O)[O-])c2ccccc21. The molecule has 2 rings (SSSR count). The van der Waals surface area contributed by atoms with E-state index in [-0.39, 0.29) is 11.1 Å². The maximum Gasteiger partial charge on any atom is 0.394 e. The Bertz CT molecular complexity index is 561. The average molecular weight is 220 g/mol. The molecule has 1 aromatic carbocycles. The number of nitro groups is 2. The number of benzene rings is 1. The average Bonchev–Trinajstić information content (AvgIpc) is 2.53. The molecule has 0 saturated carbocycles. The number of hydrogen-bond acceptors (Lipinski definition) is 5. The van der Waals surface area contributed by atoms with Crippen molar-refractivity contribution in [3.63, 3.8) is 0 Å². The highest BCUT2D eigenvalue weighted by Crippen LogP contribution is 2.32. The van der Waals surface area contributed by atoms with Gasteiger partial charge >= 0.3 is 11.4 Å². The van der Waals surface area contributed by atoms with Gasteiger partial charge in [-0.05, 0) is 12.1 Å². The summed E-state index contributed by atoms with van der Waals surface area (Å²) in [7, 11) is 0. The maximum absolute atomic E-state index is 11.5. The van der Waals surface area contributed by atoms with Crippen molar-refractivity contribution in [2.75, 3.05) is 0 Å². The van der Waals surface area contributed by atoms with E-state index in [1.54, 1.807) is 0 Å². The minimum atomic E-state index is -1.01. The number of nitrogens with zero attached hydrogens (tertiary/aromatic N) is 2. The Morgan fingerprint density at radius 2 is 1.38 bits per heavy atom. The van der Waals surface area contributed by atoms with Gasteiger partial charge < -0.3 is 0 Å². The first-order valence-electron chi connectivity index (χ1n) is 4.21. The number of carbonyl (C=O) groups is 1. The second-order valence-corrected chi connectivity index (χ2v) is 3.09. The summed E-state index contributed by atoms with van der Waals surface area (Å²) in [5.74, 6) is -0.910. The Kier molecular flexibility index (Phi) is 2.01. The number of fused-ring (bicyclic) bond motifs is 1. The van der Waals surface area contributed by atoms with Gasteiger partial charge in [0, 0.05) is 5.56 Å². The lowest BCUT2D eigenvalue weighted by atomic mass is 10.1. The van der Waals surface area contributed by atoms with E-state index in [1.807, 2.05) is 0 Å². The van der Waals surface area contributed by atoms with Crippen LogP contribution in [0.4, 0.5) is 0 Å². The lowest BCUT2D eigenvalue weighted by molar-refractivity contribution is -0.436. The third kappa shape index (κ3) is 1.18. The molecule has 7 nitrogen and oxygen atoms in total. The fraction of sp³-hybridized carbons (Fsp3) is 0. The molecule has 0 radical (unpaired) electrons. The van der Waals surface area contributed by atoms with Gasteiger partial charge in [0.2, 0.25) is 0 Å². The molecule has 1 aliphatic carbocycles. The zero-order valence-electron chi connectivity index (χ0n) is 7.75. The van der Waals surface area contributed by atoms with Gasteiger partial charge in [0.15, 0.2) is 0 Å². The van der Waals surface area contributed by atoms with Crippen molar-refractivity contribution in [2.45, 2.75) is 0 Å². The Morgan fingerprint density at radius 3 is 1.88 bits per heavy atom. The van der Waals surface area contributed by atoms with Crippen LogP contribution in [0.5, 0.6) is 0 Å². The van der Waals surface area contributed by atoms with E-state index in [0.717, 1.165) is 0 Å². The molecule has 80 valence electrons. The summed E-state index contributed by atoms with van der Waals surface area (Å²) >= 11 is 0. The topological polar surface area (TPSA) is 103 Å². The zero-order valence-corrected chi connectivity index (χ0v) is 7.75. The van der Waals surface area contributed by atoms with Gasteiger partial charge in [0.05, 0.1) is 15.4 Å². The fourth-order valence-corrected chi connectivity index (χ4v) is 1.60. The molecule has 0 unspecified atom stereocenters. The molecule has 0 amide bonds. The number of rotatable bonds is 2. The largest absolute Gasteiger partial charge is 0.394 e. The summed E-state index contributed by atoms with van der Waals surface area (Å²) in [4.78, 5) is 31.0. The van der Waals surface area contributed by atoms with Gasteiger partial charge in [0.1, 0.15) is 0 Å². The molecule has 1 aromatic rings. The van der Waals surface area contributed by atoms with Crippen molar-refractivity contribution >= 4 is 11.5 Å². The van der Waals surface area contributed by atoms with Crippen molar-refractivity contribution in [3.8, 4) is 0 Å². The van der Waals surface area contributed by atoms with Gasteiger partial charge in [-0.2, -0.15) is 0 Å². The number of ketones is 1. The van der Waals surface area contributed by atoms with Gasteiger partial charge in [-0.25, -0.2) is 0 Å². The standard InChI is InChI=1S/C9H4N2O5/c12-9-6-4-2-1-3-5(6)7(10(13)14)8(9)11(15)16/h1-4H. The van der Waals surface area contributed by atoms with Crippen LogP contribution in [-0.4, -0.2) is 15.6 Å². The predicted molar refractivity (Wildman–Crippen MR) is 51.7 cm³/mol. The second kappa shape index (κ2) is 3.23. The summed E-state index contributed by atoms with van der Waals surface area (Å²) < 4.78 is 0. The van der Waals surface area contributed by atoms with E-state index in [0.29, 0.717) is 0 Å². The molecule has 16 heavy (non-hydrogen) atoms. The van der Waals surface area contributed by atoms with E-state index in [2.05, 4.69) is 0 Å². The van der Waals surface area contributed by atoms with Crippen molar-refractivity contribution in [1.82, 2.24) is 0 Å². The molecule has 0 spiro atoms. The highest BCUT2D eigenvalue weighted by Gasteiger charge is 2.45. The number of hydrogen-bond donors (Lipinski definition) is 0. The molecule has 0 fully saturated rings. The second-order valence-electron chi connectivity index (χ2n) is 3.09. The van der Waals surface area contributed by atoms with Crippen LogP contribution in [0.1, 0.15) is 15.9 Å². The zero-order chi connectivity index (χ0) is 11.9. The highest BCUT2D eigenvalue weighted by molar-refractivity contribution is 6.17. The van der Waals surface area contributed by atoms with Crippen molar-refractivity contribution in [1.29, 1.82) is 0 Å². The lowest BCUT2D eigenvalue weighted by Crippen LogP contribution is -2.10. The summed E-state index contributed by atoms with van der Waals surface area (Å²) in [5, 5.41) is 21.3. The molecule has 0 aromatic heterocycles. The molecule has 0 aliphatic heterocycles. The molecule has 0 N–H and O–H groups in total. The number of allylic oxidation sites excluding steroid dienone is 1. The molecular formula is C9H4N2O5. The normalized spacial score (nSPS) is 13.9. The molecule has 1 aliphatic rings. The van der Waals surface area contributed by atoms with Crippen molar-refractivity contribution < 1.29 is 14.6 Å². The minimum absolute atomic E-state index is 0.000833. The molecule has 0 saturated heterocycles. The summed E-state index contributed by atoms with van der Waals surface area (Å²) in [6.07, 6.45) is 0. The van der Waals surface area contributed by atoms with Gasteiger partial charge in [-0.1, -0.05) is 12.1 Å². The van der Waals surface area contributed by atoms with E-state index in [1.165, 1.54) is 24.3 Å². The van der Waals surface area contributed by atoms with Gasteiger partial charge in [-0.3, -0.25) is 25.0 Å². The third-order valence-corrected chi connectivity index (χ3v) is 2.23. The Labute approximate surface area is 88.3 Å². The van der Waals surface area contributed by atoms with E-state index >= 15 is 0 Å². The summed E-state index contributed by atoms with van der Waals surface area (Å²) in [6, 6.07) is 5.63. The first-order valence-corrected chi connectivity index (χ1v) is 4.21. The van der Waals surface area contributed by atoms with E-state index in [4.69, 9.17) is 0 Å². The van der Waals surface area contributed by atoms with E-state index < -0.39 is 27.0 Å². The Morgan fingerprint density at radius 1 is 0.875 bits per heavy atom. The van der Waals surface area contributed by atoms with Crippen LogP contribution in [0.15, 0.2) is 30.0 Å². The van der Waals surface area contributed by atoms with Crippen LogP contribution in [0.3, 0.4) is 0 Å². The minimum Gasteiger partial charge on any atom is -0.281 e. The van der Waals surface area contributed by atoms with E-state index in [9.17, 15) is 25.0 Å². The van der Waals surface area contributed by atoms with Crippen LogP contribution in [0, 0.1) is 20.2 Å². The first-order chi connectivity index (χ1) is 7.54. The van der Waals surface area contributed by atoms with Crippen LogP contribution in [0.25, 0.3) is 5.70 Å². The maximum atomic E-state index is 11.5. The number of carbonyl (C=O) groups excluding carboxylic acids is 1. The molecule has 7 heteroatoms. The summed E-state index contributed by atoms with van der Waals surface area (Å²) in [5.41, 5.74) is -1.69. The molecule has 0 bridgehead atoms. The van der Waals surface area contributed by atoms with Crippen molar-refractivity contribution in [2.24, 2.45) is 0 Å². The third-order valence-electron chi connectivity index (χ3n) is 2.23. The highest BCUT2D eigenvalue weighted by atomic mass is 16.6. The molecular weight excluding hydrogens is 216 g/mol. The molecule has 0 heterocycles. The smallest absolute Gasteiger partial charge is 0.281 e. The van der Waals surface area contributed by atoms with Crippen molar-refractivity contribution in [3.05, 3.63) is 61.3 Å². The number of Topliss-reactive ketones (excluding diaryl/α,β-unsaturated/α-hetero) is 1. The van der Waals surface area contributed by atoms with Gasteiger partial charge in [0.25, 0.3) is 5.78 Å². The fourth-order valence-electron chi connectivity index (χ4n) is 1.60. The quantitative estimate of drug-likeness (QED) is 0.548. The lowest BCUT2D eigenvalue weighted by Gasteiger charge is -1.93. The van der Waals surface area contributed by atoms with Gasteiger partial charge in [-0.15, -0.1) is 0 Å². The Balaban J connectivity index is 2.77. The van der Waals surface area contributed by atoms with Crippen LogP contribution in [-0.2, 0) is 0 Å². The first kappa shape index (κ1) is 9.97. The van der Waals surface area contributed by atoms with Crippen LogP contribution >= 0.6 is 0 Å². The van der Waals surface area contributed by atoms with Crippen LogP contribution in [0.2, 0.25) is 0 Å². The molecule has 0 atom stereocenters. The predicted octanol–water partition coefficient (Wildman–Crippen LogP) is 1.10.